The number of methoxy groups -OCH3 is 1. The van der Waals surface area contributed by atoms with Gasteiger partial charge in [-0.1, -0.05) is 66.7 Å². The maximum Gasteiger partial charge on any atom is 0.332 e. The molecule has 44 heavy (non-hydrogen) atoms. The van der Waals surface area contributed by atoms with Gasteiger partial charge in [0.2, 0.25) is 5.91 Å². The van der Waals surface area contributed by atoms with Gasteiger partial charge in [0, 0.05) is 39.4 Å². The SMILES string of the molecule is COC(=O)C1(N(C(=O)c2ccco2)c2ccccn2)CCN(CC(C(=O)N(C)CCc2ccccc2)c2ccccc2)CC1. The standard InChI is InChI=1S/C35H38N4O5/c1-37(22-18-27-12-5-3-6-13-27)32(40)29(28-14-7-4-8-15-28)26-38-23-19-35(20-24-38,34(42)43-2)39(31-17-9-10-21-36-31)33(41)30-16-11-25-44-30/h3-17,21,25,29H,18-20,22-24,26H2,1-2H3. The molecule has 2 amide bonds. The van der Waals surface area contributed by atoms with E-state index in [1.54, 1.807) is 41.4 Å². The molecule has 1 aliphatic rings. The van der Waals surface area contributed by atoms with Crippen LogP contribution in [-0.2, 0) is 20.7 Å². The van der Waals surface area contributed by atoms with Gasteiger partial charge in [-0.3, -0.25) is 14.5 Å². The molecule has 1 atom stereocenters. The highest BCUT2D eigenvalue weighted by molar-refractivity contribution is 6.09. The lowest BCUT2D eigenvalue weighted by molar-refractivity contribution is -0.149. The van der Waals surface area contributed by atoms with Crippen molar-refractivity contribution in [2.24, 2.45) is 0 Å². The van der Waals surface area contributed by atoms with Gasteiger partial charge >= 0.3 is 5.97 Å². The predicted octanol–water partition coefficient (Wildman–Crippen LogP) is 4.81. The number of hydrogen-bond acceptors (Lipinski definition) is 7. The highest BCUT2D eigenvalue weighted by Gasteiger charge is 2.51. The van der Waals surface area contributed by atoms with Crippen molar-refractivity contribution in [3.8, 4) is 0 Å². The van der Waals surface area contributed by atoms with Crippen LogP contribution in [0.3, 0.4) is 0 Å². The van der Waals surface area contributed by atoms with E-state index in [1.165, 1.54) is 23.8 Å². The topological polar surface area (TPSA) is 96.2 Å². The van der Waals surface area contributed by atoms with Gasteiger partial charge in [0.1, 0.15) is 11.4 Å². The second-order valence-electron chi connectivity index (χ2n) is 11.1. The Morgan fingerprint density at radius 2 is 1.61 bits per heavy atom. The minimum Gasteiger partial charge on any atom is -0.467 e. The van der Waals surface area contributed by atoms with Gasteiger partial charge < -0.3 is 19.0 Å². The molecule has 0 spiro atoms. The molecule has 4 aromatic rings. The number of likely N-dealkylation sites (tertiary alicyclic amines) is 1. The summed E-state index contributed by atoms with van der Waals surface area (Å²) in [7, 11) is 3.19. The maximum atomic E-state index is 13.9. The van der Waals surface area contributed by atoms with E-state index in [-0.39, 0.29) is 17.6 Å². The Morgan fingerprint density at radius 3 is 2.23 bits per heavy atom. The first kappa shape index (κ1) is 30.7. The number of amides is 2. The van der Waals surface area contributed by atoms with Crippen molar-refractivity contribution in [1.29, 1.82) is 0 Å². The minimum absolute atomic E-state index is 0.0417. The van der Waals surface area contributed by atoms with Crippen LogP contribution in [-0.4, -0.2) is 78.4 Å². The molecule has 0 aliphatic carbocycles. The van der Waals surface area contributed by atoms with Gasteiger partial charge in [0.25, 0.3) is 5.91 Å². The Hall–Kier alpha value is -4.76. The Morgan fingerprint density at radius 1 is 0.932 bits per heavy atom. The Kier molecular flexibility index (Phi) is 9.86. The number of anilines is 1. The molecular formula is C35H38N4O5. The average Bonchev–Trinajstić information content (AvgIpc) is 3.63. The molecule has 3 heterocycles. The third-order valence-corrected chi connectivity index (χ3v) is 8.39. The fourth-order valence-corrected chi connectivity index (χ4v) is 5.92. The quantitative estimate of drug-likeness (QED) is 0.230. The number of pyridine rings is 1. The van der Waals surface area contributed by atoms with E-state index in [0.29, 0.717) is 44.8 Å². The molecule has 1 fully saturated rings. The zero-order valence-electron chi connectivity index (χ0n) is 25.2. The summed E-state index contributed by atoms with van der Waals surface area (Å²) in [6.45, 7) is 2.01. The molecule has 0 N–H and O–H groups in total. The van der Waals surface area contributed by atoms with E-state index in [2.05, 4.69) is 22.0 Å². The van der Waals surface area contributed by atoms with Crippen LogP contribution in [0.25, 0.3) is 0 Å². The van der Waals surface area contributed by atoms with Crippen LogP contribution in [0.4, 0.5) is 5.82 Å². The second kappa shape index (κ2) is 14.1. The van der Waals surface area contributed by atoms with Crippen LogP contribution >= 0.6 is 0 Å². The van der Waals surface area contributed by atoms with Crippen molar-refractivity contribution in [3.63, 3.8) is 0 Å². The highest BCUT2D eigenvalue weighted by Crippen LogP contribution is 2.36. The van der Waals surface area contributed by atoms with E-state index < -0.39 is 17.4 Å². The highest BCUT2D eigenvalue weighted by atomic mass is 16.5. The molecule has 1 saturated heterocycles. The van der Waals surface area contributed by atoms with E-state index in [4.69, 9.17) is 9.15 Å². The summed E-state index contributed by atoms with van der Waals surface area (Å²) in [4.78, 5) is 51.1. The Balaban J connectivity index is 1.37. The first-order valence-corrected chi connectivity index (χ1v) is 14.9. The third kappa shape index (κ3) is 6.73. The molecule has 0 bridgehead atoms. The van der Waals surface area contributed by atoms with Gasteiger partial charge in [-0.15, -0.1) is 0 Å². The first-order valence-electron chi connectivity index (χ1n) is 14.9. The molecule has 228 valence electrons. The van der Waals surface area contributed by atoms with E-state index in [9.17, 15) is 14.4 Å². The summed E-state index contributed by atoms with van der Waals surface area (Å²) in [6.07, 6.45) is 4.37. The van der Waals surface area contributed by atoms with Crippen LogP contribution in [0.15, 0.2) is 108 Å². The maximum absolute atomic E-state index is 13.9. The molecule has 2 aromatic heterocycles. The van der Waals surface area contributed by atoms with E-state index >= 15 is 0 Å². The van der Waals surface area contributed by atoms with Gasteiger partial charge in [-0.05, 0) is 54.7 Å². The van der Waals surface area contributed by atoms with Crippen molar-refractivity contribution in [2.75, 3.05) is 45.2 Å². The number of likely N-dealkylation sites (N-methyl/N-ethyl adjacent to an activating group) is 1. The number of carbonyl (C=O) groups is 3. The normalized spacial score (nSPS) is 15.2. The third-order valence-electron chi connectivity index (χ3n) is 8.39. The monoisotopic (exact) mass is 594 g/mol. The molecule has 9 nitrogen and oxygen atoms in total. The van der Waals surface area contributed by atoms with Crippen LogP contribution in [0.2, 0.25) is 0 Å². The molecular weight excluding hydrogens is 556 g/mol. The number of benzene rings is 2. The molecule has 2 aromatic carbocycles. The number of carbonyl (C=O) groups excluding carboxylic acids is 3. The second-order valence-corrected chi connectivity index (χ2v) is 11.1. The smallest absolute Gasteiger partial charge is 0.332 e. The zero-order chi connectivity index (χ0) is 30.9. The molecule has 0 saturated carbocycles. The molecule has 9 heteroatoms. The summed E-state index contributed by atoms with van der Waals surface area (Å²) < 4.78 is 10.8. The van der Waals surface area contributed by atoms with Crippen molar-refractivity contribution in [2.45, 2.75) is 30.7 Å². The fraction of sp³-hybridized carbons (Fsp3) is 0.314. The number of piperidine rings is 1. The molecule has 0 radical (unpaired) electrons. The average molecular weight is 595 g/mol. The van der Waals surface area contributed by atoms with Gasteiger partial charge in [-0.2, -0.15) is 0 Å². The van der Waals surface area contributed by atoms with Crippen LogP contribution in [0, 0.1) is 0 Å². The Bertz CT molecular complexity index is 1500. The van der Waals surface area contributed by atoms with Gasteiger partial charge in [0.05, 0.1) is 19.3 Å². The number of aromatic nitrogens is 1. The number of esters is 1. The number of hydrogen-bond donors (Lipinski definition) is 0. The Labute approximate surface area is 258 Å². The van der Waals surface area contributed by atoms with Gasteiger partial charge in [-0.25, -0.2) is 9.78 Å². The predicted molar refractivity (Wildman–Crippen MR) is 167 cm³/mol. The lowest BCUT2D eigenvalue weighted by Crippen LogP contribution is -2.63. The zero-order valence-corrected chi connectivity index (χ0v) is 25.2. The van der Waals surface area contributed by atoms with Crippen LogP contribution in [0.1, 0.15) is 40.4 Å². The molecule has 1 unspecified atom stereocenters. The number of furan rings is 1. The lowest BCUT2D eigenvalue weighted by atomic mass is 9.84. The van der Waals surface area contributed by atoms with E-state index in [1.807, 2.05) is 55.6 Å². The van der Waals surface area contributed by atoms with Crippen LogP contribution in [0.5, 0.6) is 0 Å². The van der Waals surface area contributed by atoms with Gasteiger partial charge in [0.15, 0.2) is 5.76 Å². The van der Waals surface area contributed by atoms with Crippen molar-refractivity contribution in [3.05, 3.63) is 120 Å². The summed E-state index contributed by atoms with van der Waals surface area (Å²) in [5, 5.41) is 0. The largest absolute Gasteiger partial charge is 0.467 e. The minimum atomic E-state index is -1.30. The summed E-state index contributed by atoms with van der Waals surface area (Å²) in [6, 6.07) is 28.4. The van der Waals surface area contributed by atoms with Crippen molar-refractivity contribution < 1.29 is 23.5 Å². The number of rotatable bonds is 11. The molecule has 5 rings (SSSR count). The summed E-state index contributed by atoms with van der Waals surface area (Å²) in [5.74, 6) is -0.886. The van der Waals surface area contributed by atoms with Crippen molar-refractivity contribution >= 4 is 23.6 Å². The fourth-order valence-electron chi connectivity index (χ4n) is 5.92. The summed E-state index contributed by atoms with van der Waals surface area (Å²) in [5.41, 5.74) is 0.819. The number of nitrogens with zero attached hydrogens (tertiary/aromatic N) is 4. The van der Waals surface area contributed by atoms with Crippen LogP contribution < -0.4 is 4.90 Å². The molecule has 1 aliphatic heterocycles. The van der Waals surface area contributed by atoms with E-state index in [0.717, 1.165) is 12.0 Å². The first-order chi connectivity index (χ1) is 21.4. The number of ether oxygens (including phenoxy) is 1. The summed E-state index contributed by atoms with van der Waals surface area (Å²) >= 11 is 0. The lowest BCUT2D eigenvalue weighted by Gasteiger charge is -2.46. The van der Waals surface area contributed by atoms with Crippen molar-refractivity contribution in [1.82, 2.24) is 14.8 Å².